The molecule has 0 amide bonds. The Balaban J connectivity index is 2.58. The van der Waals surface area contributed by atoms with Crippen LogP contribution in [0.1, 0.15) is 21.7 Å². The quantitative estimate of drug-likeness (QED) is 0.693. The number of hydrogen-bond acceptors (Lipinski definition) is 4. The Labute approximate surface area is 118 Å². The van der Waals surface area contributed by atoms with Gasteiger partial charge in [0.05, 0.1) is 21.2 Å². The van der Waals surface area contributed by atoms with Gasteiger partial charge in [0.1, 0.15) is 11.4 Å². The largest absolute Gasteiger partial charge is 0.478 e. The number of carboxylic acid groups (broad SMARTS) is 1. The molecule has 1 heterocycles. The fourth-order valence-corrected chi connectivity index (χ4v) is 2.21. The van der Waals surface area contributed by atoms with Gasteiger partial charge in [0.15, 0.2) is 0 Å². The summed E-state index contributed by atoms with van der Waals surface area (Å²) in [6.07, 6.45) is 0. The SMILES string of the molecule is Cc1nn(-c2ccc(C(=O)O)c(Cl)c2)c(C)c1[N+](=O)[O-]. The second kappa shape index (κ2) is 4.93. The van der Waals surface area contributed by atoms with Crippen molar-refractivity contribution in [1.29, 1.82) is 0 Å². The summed E-state index contributed by atoms with van der Waals surface area (Å²) in [5.74, 6) is -1.14. The number of carboxylic acids is 1. The van der Waals surface area contributed by atoms with Crippen LogP contribution >= 0.6 is 11.6 Å². The first-order chi connectivity index (χ1) is 9.32. The molecule has 7 nitrogen and oxygen atoms in total. The maximum absolute atomic E-state index is 10.9. The van der Waals surface area contributed by atoms with E-state index in [0.29, 0.717) is 11.4 Å². The molecule has 0 fully saturated rings. The molecule has 1 aromatic carbocycles. The Morgan fingerprint density at radius 3 is 2.55 bits per heavy atom. The molecule has 2 aromatic rings. The molecule has 0 saturated carbocycles. The molecular formula is C12H10ClN3O4. The van der Waals surface area contributed by atoms with Crippen LogP contribution in [0.3, 0.4) is 0 Å². The summed E-state index contributed by atoms with van der Waals surface area (Å²) in [4.78, 5) is 21.3. The first-order valence-electron chi connectivity index (χ1n) is 5.56. The van der Waals surface area contributed by atoms with Crippen molar-refractivity contribution in [2.24, 2.45) is 0 Å². The van der Waals surface area contributed by atoms with Crippen LogP contribution in [0.25, 0.3) is 5.69 Å². The van der Waals surface area contributed by atoms with Crippen LogP contribution in [0.2, 0.25) is 5.02 Å². The summed E-state index contributed by atoms with van der Waals surface area (Å²) in [7, 11) is 0. The summed E-state index contributed by atoms with van der Waals surface area (Å²) in [6, 6.07) is 4.25. The highest BCUT2D eigenvalue weighted by molar-refractivity contribution is 6.33. The minimum absolute atomic E-state index is 0.0357. The van der Waals surface area contributed by atoms with Crippen LogP contribution < -0.4 is 0 Å². The van der Waals surface area contributed by atoms with Crippen molar-refractivity contribution in [3.63, 3.8) is 0 Å². The molecular weight excluding hydrogens is 286 g/mol. The molecule has 0 unspecified atom stereocenters. The minimum atomic E-state index is -1.14. The van der Waals surface area contributed by atoms with Gasteiger partial charge >= 0.3 is 11.7 Å². The number of rotatable bonds is 3. The third-order valence-corrected chi connectivity index (χ3v) is 3.18. The molecule has 0 aliphatic heterocycles. The second-order valence-electron chi connectivity index (χ2n) is 4.16. The Morgan fingerprint density at radius 2 is 2.10 bits per heavy atom. The van der Waals surface area contributed by atoms with Gasteiger partial charge in [-0.05, 0) is 32.0 Å². The molecule has 104 valence electrons. The summed E-state index contributed by atoms with van der Waals surface area (Å²) in [5, 5.41) is 24.0. The van der Waals surface area contributed by atoms with Crippen LogP contribution in [0, 0.1) is 24.0 Å². The third kappa shape index (κ3) is 2.23. The normalized spacial score (nSPS) is 10.6. The van der Waals surface area contributed by atoms with Crippen LogP contribution in [0.5, 0.6) is 0 Å². The number of nitrogens with zero attached hydrogens (tertiary/aromatic N) is 3. The van der Waals surface area contributed by atoms with E-state index in [1.807, 2.05) is 0 Å². The van der Waals surface area contributed by atoms with Crippen molar-refractivity contribution < 1.29 is 14.8 Å². The number of halogens is 1. The van der Waals surface area contributed by atoms with Gasteiger partial charge < -0.3 is 5.11 Å². The van der Waals surface area contributed by atoms with Crippen molar-refractivity contribution in [2.45, 2.75) is 13.8 Å². The van der Waals surface area contributed by atoms with Crippen molar-refractivity contribution >= 4 is 23.3 Å². The lowest BCUT2D eigenvalue weighted by Gasteiger charge is -2.05. The smallest absolute Gasteiger partial charge is 0.337 e. The highest BCUT2D eigenvalue weighted by atomic mass is 35.5. The highest BCUT2D eigenvalue weighted by Gasteiger charge is 2.23. The van der Waals surface area contributed by atoms with Crippen molar-refractivity contribution in [3.8, 4) is 5.69 Å². The topological polar surface area (TPSA) is 98.3 Å². The van der Waals surface area contributed by atoms with E-state index >= 15 is 0 Å². The zero-order valence-electron chi connectivity index (χ0n) is 10.6. The second-order valence-corrected chi connectivity index (χ2v) is 4.56. The van der Waals surface area contributed by atoms with E-state index in [9.17, 15) is 14.9 Å². The number of hydrogen-bond donors (Lipinski definition) is 1. The van der Waals surface area contributed by atoms with Crippen LogP contribution in [0.4, 0.5) is 5.69 Å². The molecule has 0 spiro atoms. The molecule has 2 rings (SSSR count). The van der Waals surface area contributed by atoms with Gasteiger partial charge in [-0.3, -0.25) is 10.1 Å². The summed E-state index contributed by atoms with van der Waals surface area (Å²) >= 11 is 5.88. The summed E-state index contributed by atoms with van der Waals surface area (Å²) in [5.41, 5.74) is 1.00. The number of benzene rings is 1. The van der Waals surface area contributed by atoms with Crippen LogP contribution in [-0.4, -0.2) is 25.8 Å². The number of nitro groups is 1. The van der Waals surface area contributed by atoms with E-state index in [1.54, 1.807) is 6.92 Å². The summed E-state index contributed by atoms with van der Waals surface area (Å²) < 4.78 is 1.37. The molecule has 1 N–H and O–H groups in total. The van der Waals surface area contributed by atoms with E-state index in [0.717, 1.165) is 0 Å². The Hall–Kier alpha value is -2.41. The number of aryl methyl sites for hydroxylation is 1. The van der Waals surface area contributed by atoms with Gasteiger partial charge in [0, 0.05) is 0 Å². The standard InChI is InChI=1S/C12H10ClN3O4/c1-6-11(16(19)20)7(2)15(14-6)8-3-4-9(12(17)18)10(13)5-8/h3-5H,1-2H3,(H,17,18). The fraction of sp³-hybridized carbons (Fsp3) is 0.167. The molecule has 0 aliphatic carbocycles. The molecule has 0 bridgehead atoms. The van der Waals surface area contributed by atoms with Crippen molar-refractivity contribution in [1.82, 2.24) is 9.78 Å². The van der Waals surface area contributed by atoms with Gasteiger partial charge in [-0.15, -0.1) is 0 Å². The molecule has 0 aliphatic rings. The minimum Gasteiger partial charge on any atom is -0.478 e. The lowest BCUT2D eigenvalue weighted by atomic mass is 10.2. The maximum atomic E-state index is 10.9. The van der Waals surface area contributed by atoms with Crippen LogP contribution in [0.15, 0.2) is 18.2 Å². The predicted octanol–water partition coefficient (Wildman–Crippen LogP) is 2.75. The first-order valence-corrected chi connectivity index (χ1v) is 5.94. The molecule has 0 saturated heterocycles. The van der Waals surface area contributed by atoms with E-state index < -0.39 is 10.9 Å². The van der Waals surface area contributed by atoms with Gasteiger partial charge in [0.2, 0.25) is 0 Å². The number of aromatic nitrogens is 2. The average molecular weight is 296 g/mol. The third-order valence-electron chi connectivity index (χ3n) is 2.86. The zero-order chi connectivity index (χ0) is 15.0. The van der Waals surface area contributed by atoms with Gasteiger partial charge in [-0.2, -0.15) is 5.10 Å². The van der Waals surface area contributed by atoms with E-state index in [4.69, 9.17) is 16.7 Å². The van der Waals surface area contributed by atoms with E-state index in [2.05, 4.69) is 5.10 Å². The van der Waals surface area contributed by atoms with Gasteiger partial charge in [-0.25, -0.2) is 9.48 Å². The Bertz CT molecular complexity index is 724. The van der Waals surface area contributed by atoms with Crippen molar-refractivity contribution in [2.75, 3.05) is 0 Å². The predicted molar refractivity (Wildman–Crippen MR) is 71.7 cm³/mol. The van der Waals surface area contributed by atoms with E-state index in [-0.39, 0.29) is 22.0 Å². The monoisotopic (exact) mass is 295 g/mol. The van der Waals surface area contributed by atoms with Gasteiger partial charge in [-0.1, -0.05) is 11.6 Å². The lowest BCUT2D eigenvalue weighted by Crippen LogP contribution is -2.02. The zero-order valence-corrected chi connectivity index (χ0v) is 11.4. The first kappa shape index (κ1) is 14.0. The highest BCUT2D eigenvalue weighted by Crippen LogP contribution is 2.27. The Morgan fingerprint density at radius 1 is 1.45 bits per heavy atom. The fourth-order valence-electron chi connectivity index (χ4n) is 1.96. The van der Waals surface area contributed by atoms with Gasteiger partial charge in [0.25, 0.3) is 0 Å². The molecule has 0 radical (unpaired) electrons. The van der Waals surface area contributed by atoms with E-state index in [1.165, 1.54) is 29.8 Å². The lowest BCUT2D eigenvalue weighted by molar-refractivity contribution is -0.386. The van der Waals surface area contributed by atoms with Crippen LogP contribution in [-0.2, 0) is 0 Å². The Kier molecular flexibility index (Phi) is 3.46. The molecule has 8 heteroatoms. The average Bonchev–Trinajstić information content (AvgIpc) is 2.64. The number of carbonyl (C=O) groups is 1. The molecule has 1 aromatic heterocycles. The summed E-state index contributed by atoms with van der Waals surface area (Å²) in [6.45, 7) is 3.10. The molecule has 0 atom stereocenters. The number of aromatic carboxylic acids is 1. The maximum Gasteiger partial charge on any atom is 0.337 e. The molecule has 20 heavy (non-hydrogen) atoms. The van der Waals surface area contributed by atoms with Crippen molar-refractivity contribution in [3.05, 3.63) is 50.3 Å².